The van der Waals surface area contributed by atoms with Crippen LogP contribution in [0.25, 0.3) is 0 Å². The van der Waals surface area contributed by atoms with Gasteiger partial charge in [-0.15, -0.1) is 0 Å². The normalized spacial score (nSPS) is 23.3. The summed E-state index contributed by atoms with van der Waals surface area (Å²) in [5, 5.41) is 8.43. The van der Waals surface area contributed by atoms with Crippen molar-refractivity contribution in [2.75, 3.05) is 20.2 Å². The first-order valence-electron chi connectivity index (χ1n) is 5.89. The number of hydrogen-bond acceptors (Lipinski definition) is 3. The molecular formula is C12H20N2O2. The summed E-state index contributed by atoms with van der Waals surface area (Å²) in [6.45, 7) is 3.29. The van der Waals surface area contributed by atoms with Crippen molar-refractivity contribution in [2.24, 2.45) is 5.92 Å². The third-order valence-electron chi connectivity index (χ3n) is 3.04. The maximum atomic E-state index is 11.7. The SMILES string of the molecule is CCOC1CC(CC(=O)N(C)CCC#N)C1. The lowest BCUT2D eigenvalue weighted by Crippen LogP contribution is -2.36. The van der Waals surface area contributed by atoms with Crippen LogP contribution < -0.4 is 0 Å². The van der Waals surface area contributed by atoms with Gasteiger partial charge in [-0.2, -0.15) is 5.26 Å². The number of amides is 1. The standard InChI is InChI=1S/C12H20N2O2/c1-3-16-11-7-10(8-11)9-12(15)14(2)6-4-5-13/h10-11H,3-4,6-9H2,1-2H3. The molecular weight excluding hydrogens is 204 g/mol. The Morgan fingerprint density at radius 3 is 2.81 bits per heavy atom. The lowest BCUT2D eigenvalue weighted by Gasteiger charge is -2.35. The highest BCUT2D eigenvalue weighted by molar-refractivity contribution is 5.76. The number of nitriles is 1. The van der Waals surface area contributed by atoms with E-state index in [4.69, 9.17) is 10.00 Å². The van der Waals surface area contributed by atoms with E-state index in [9.17, 15) is 4.79 Å². The monoisotopic (exact) mass is 224 g/mol. The smallest absolute Gasteiger partial charge is 0.222 e. The van der Waals surface area contributed by atoms with Crippen LogP contribution in [0.15, 0.2) is 0 Å². The van der Waals surface area contributed by atoms with Crippen molar-refractivity contribution in [3.8, 4) is 6.07 Å². The van der Waals surface area contributed by atoms with Crippen LogP contribution in [0.5, 0.6) is 0 Å². The van der Waals surface area contributed by atoms with Crippen molar-refractivity contribution in [3.63, 3.8) is 0 Å². The van der Waals surface area contributed by atoms with E-state index in [1.807, 2.05) is 13.0 Å². The van der Waals surface area contributed by atoms with Gasteiger partial charge in [0.25, 0.3) is 0 Å². The molecule has 16 heavy (non-hydrogen) atoms. The molecule has 0 bridgehead atoms. The van der Waals surface area contributed by atoms with Gasteiger partial charge < -0.3 is 9.64 Å². The minimum atomic E-state index is 0.148. The van der Waals surface area contributed by atoms with Crippen molar-refractivity contribution >= 4 is 5.91 Å². The minimum absolute atomic E-state index is 0.148. The fraction of sp³-hybridized carbons (Fsp3) is 0.833. The van der Waals surface area contributed by atoms with Crippen molar-refractivity contribution in [1.29, 1.82) is 5.26 Å². The van der Waals surface area contributed by atoms with E-state index in [1.54, 1.807) is 11.9 Å². The molecule has 0 radical (unpaired) electrons. The zero-order valence-corrected chi connectivity index (χ0v) is 10.1. The van der Waals surface area contributed by atoms with Crippen molar-refractivity contribution < 1.29 is 9.53 Å². The number of hydrogen-bond donors (Lipinski definition) is 0. The van der Waals surface area contributed by atoms with Crippen LogP contribution in [0.3, 0.4) is 0 Å². The molecule has 0 unspecified atom stereocenters. The topological polar surface area (TPSA) is 53.3 Å². The first-order chi connectivity index (χ1) is 7.67. The molecule has 1 fully saturated rings. The summed E-state index contributed by atoms with van der Waals surface area (Å²) in [6, 6.07) is 2.04. The van der Waals surface area contributed by atoms with E-state index in [1.165, 1.54) is 0 Å². The quantitative estimate of drug-likeness (QED) is 0.688. The highest BCUT2D eigenvalue weighted by Gasteiger charge is 2.31. The number of rotatable bonds is 6. The van der Waals surface area contributed by atoms with E-state index in [0.717, 1.165) is 19.4 Å². The van der Waals surface area contributed by atoms with Crippen LogP contribution in [0.1, 0.15) is 32.6 Å². The number of carbonyl (C=O) groups is 1. The molecule has 0 aromatic heterocycles. The number of ether oxygens (including phenoxy) is 1. The predicted octanol–water partition coefficient (Wildman–Crippen LogP) is 1.56. The first-order valence-corrected chi connectivity index (χ1v) is 5.89. The summed E-state index contributed by atoms with van der Waals surface area (Å²) in [6.07, 6.45) is 3.39. The Morgan fingerprint density at radius 2 is 2.25 bits per heavy atom. The summed E-state index contributed by atoms with van der Waals surface area (Å²) in [5.74, 6) is 0.629. The largest absolute Gasteiger partial charge is 0.378 e. The summed E-state index contributed by atoms with van der Waals surface area (Å²) in [4.78, 5) is 13.3. The van der Waals surface area contributed by atoms with Gasteiger partial charge in [-0.25, -0.2) is 0 Å². The van der Waals surface area contributed by atoms with E-state index < -0.39 is 0 Å². The second-order valence-electron chi connectivity index (χ2n) is 4.34. The molecule has 1 saturated carbocycles. The summed E-state index contributed by atoms with van der Waals surface area (Å²) in [7, 11) is 1.76. The molecule has 1 rings (SSSR count). The minimum Gasteiger partial charge on any atom is -0.378 e. The van der Waals surface area contributed by atoms with Crippen LogP contribution in [-0.4, -0.2) is 37.1 Å². The Hall–Kier alpha value is -1.08. The third kappa shape index (κ3) is 3.82. The fourth-order valence-electron chi connectivity index (χ4n) is 1.96. The maximum Gasteiger partial charge on any atom is 0.222 e. The fourth-order valence-corrected chi connectivity index (χ4v) is 1.96. The lowest BCUT2D eigenvalue weighted by molar-refractivity contribution is -0.133. The zero-order valence-electron chi connectivity index (χ0n) is 10.1. The molecule has 0 aromatic rings. The van der Waals surface area contributed by atoms with Gasteiger partial charge in [0.1, 0.15) is 0 Å². The molecule has 90 valence electrons. The maximum absolute atomic E-state index is 11.7. The molecule has 0 spiro atoms. The average molecular weight is 224 g/mol. The molecule has 1 aliphatic carbocycles. The Labute approximate surface area is 97.2 Å². The first kappa shape index (κ1) is 13.0. The van der Waals surface area contributed by atoms with Crippen LogP contribution >= 0.6 is 0 Å². The molecule has 0 aromatic carbocycles. The molecule has 4 heteroatoms. The zero-order chi connectivity index (χ0) is 12.0. The van der Waals surface area contributed by atoms with Gasteiger partial charge >= 0.3 is 0 Å². The Balaban J connectivity index is 2.14. The van der Waals surface area contributed by atoms with E-state index in [2.05, 4.69) is 0 Å². The van der Waals surface area contributed by atoms with Gasteiger partial charge in [0, 0.05) is 26.6 Å². The summed E-state index contributed by atoms with van der Waals surface area (Å²) < 4.78 is 5.45. The number of nitrogens with zero attached hydrogens (tertiary/aromatic N) is 2. The molecule has 1 aliphatic rings. The molecule has 0 N–H and O–H groups in total. The Kier molecular flexibility index (Phi) is 5.27. The van der Waals surface area contributed by atoms with Gasteiger partial charge in [0.2, 0.25) is 5.91 Å². The van der Waals surface area contributed by atoms with Crippen LogP contribution in [0.4, 0.5) is 0 Å². The third-order valence-corrected chi connectivity index (χ3v) is 3.04. The molecule has 0 atom stereocenters. The van der Waals surface area contributed by atoms with Gasteiger partial charge in [-0.05, 0) is 25.7 Å². The molecule has 1 amide bonds. The van der Waals surface area contributed by atoms with Gasteiger partial charge in [0.15, 0.2) is 0 Å². The Morgan fingerprint density at radius 1 is 1.56 bits per heavy atom. The van der Waals surface area contributed by atoms with Gasteiger partial charge in [-0.3, -0.25) is 4.79 Å². The van der Waals surface area contributed by atoms with E-state index in [0.29, 0.717) is 31.4 Å². The van der Waals surface area contributed by atoms with Crippen LogP contribution in [-0.2, 0) is 9.53 Å². The highest BCUT2D eigenvalue weighted by atomic mass is 16.5. The molecule has 4 nitrogen and oxygen atoms in total. The van der Waals surface area contributed by atoms with Gasteiger partial charge in [0.05, 0.1) is 18.6 Å². The molecule has 0 heterocycles. The van der Waals surface area contributed by atoms with Gasteiger partial charge in [-0.1, -0.05) is 0 Å². The van der Waals surface area contributed by atoms with E-state index >= 15 is 0 Å². The van der Waals surface area contributed by atoms with Crippen molar-refractivity contribution in [2.45, 2.75) is 38.7 Å². The van der Waals surface area contributed by atoms with E-state index in [-0.39, 0.29) is 5.91 Å². The molecule has 0 saturated heterocycles. The van der Waals surface area contributed by atoms with Crippen LogP contribution in [0, 0.1) is 17.2 Å². The summed E-state index contributed by atoms with van der Waals surface area (Å²) in [5.41, 5.74) is 0. The average Bonchev–Trinajstić information content (AvgIpc) is 2.22. The Bertz CT molecular complexity index is 267. The van der Waals surface area contributed by atoms with Crippen molar-refractivity contribution in [1.82, 2.24) is 4.90 Å². The number of carbonyl (C=O) groups excluding carboxylic acids is 1. The van der Waals surface area contributed by atoms with Crippen LogP contribution in [0.2, 0.25) is 0 Å². The summed E-state index contributed by atoms with van der Waals surface area (Å²) >= 11 is 0. The molecule has 0 aliphatic heterocycles. The lowest BCUT2D eigenvalue weighted by atomic mass is 9.80. The second kappa shape index (κ2) is 6.49. The predicted molar refractivity (Wildman–Crippen MR) is 60.6 cm³/mol. The second-order valence-corrected chi connectivity index (χ2v) is 4.34. The highest BCUT2D eigenvalue weighted by Crippen LogP contribution is 2.32. The van der Waals surface area contributed by atoms with Crippen molar-refractivity contribution in [3.05, 3.63) is 0 Å².